The Kier molecular flexibility index (Phi) is 8.64. The van der Waals surface area contributed by atoms with Crippen LogP contribution in [0.1, 0.15) is 35.4 Å². The van der Waals surface area contributed by atoms with Crippen molar-refractivity contribution in [3.63, 3.8) is 0 Å². The Hall–Kier alpha value is -3.21. The lowest BCUT2D eigenvalue weighted by molar-refractivity contribution is -0.144. The molecule has 1 aliphatic carbocycles. The van der Waals surface area contributed by atoms with Crippen LogP contribution in [0.15, 0.2) is 70.6 Å². The number of halogens is 1. The molecular weight excluding hydrogens is 580 g/mol. The van der Waals surface area contributed by atoms with Crippen molar-refractivity contribution < 1.29 is 19.1 Å². The zero-order chi connectivity index (χ0) is 27.4. The molecule has 1 heterocycles. The van der Waals surface area contributed by atoms with Gasteiger partial charge >= 0.3 is 5.97 Å². The Morgan fingerprint density at radius 3 is 2.56 bits per heavy atom. The maximum absolute atomic E-state index is 13.0. The summed E-state index contributed by atoms with van der Waals surface area (Å²) in [6, 6.07) is 19.5. The molecule has 202 valence electrons. The van der Waals surface area contributed by atoms with Crippen molar-refractivity contribution >= 4 is 50.3 Å². The van der Waals surface area contributed by atoms with Gasteiger partial charge in [-0.2, -0.15) is 0 Å². The number of amides is 1. The summed E-state index contributed by atoms with van der Waals surface area (Å²) in [6.07, 6.45) is 2.75. The van der Waals surface area contributed by atoms with Gasteiger partial charge in [-0.3, -0.25) is 9.36 Å². The van der Waals surface area contributed by atoms with E-state index in [9.17, 15) is 9.59 Å². The molecule has 5 rings (SSSR count). The monoisotopic (exact) mass is 608 g/mol. The third kappa shape index (κ3) is 6.34. The normalized spacial score (nSPS) is 13.8. The first-order valence-corrected chi connectivity index (χ1v) is 14.5. The van der Waals surface area contributed by atoms with Crippen LogP contribution in [0, 0.1) is 0 Å². The predicted molar refractivity (Wildman–Crippen MR) is 154 cm³/mol. The van der Waals surface area contributed by atoms with Gasteiger partial charge in [-0.05, 0) is 62.8 Å². The van der Waals surface area contributed by atoms with Gasteiger partial charge in [-0.25, -0.2) is 4.79 Å². The van der Waals surface area contributed by atoms with E-state index < -0.39 is 12.0 Å². The molecule has 39 heavy (non-hydrogen) atoms. The molecule has 3 aromatic carbocycles. The minimum Gasteiger partial charge on any atom is -0.467 e. The molecule has 0 spiro atoms. The number of esters is 1. The number of hydrogen-bond donors (Lipinski definition) is 1. The molecule has 8 nitrogen and oxygen atoms in total. The van der Waals surface area contributed by atoms with Crippen molar-refractivity contribution in [2.75, 3.05) is 20.0 Å². The lowest BCUT2D eigenvalue weighted by atomic mass is 9.99. The summed E-state index contributed by atoms with van der Waals surface area (Å²) in [7, 11) is 2.95. The van der Waals surface area contributed by atoms with Crippen molar-refractivity contribution in [3.8, 4) is 5.69 Å². The fourth-order valence-electron chi connectivity index (χ4n) is 4.75. The average Bonchev–Trinajstić information content (AvgIpc) is 3.73. The minimum absolute atomic E-state index is 0.0560. The van der Waals surface area contributed by atoms with E-state index in [0.717, 1.165) is 22.2 Å². The Morgan fingerprint density at radius 2 is 1.82 bits per heavy atom. The third-order valence-electron chi connectivity index (χ3n) is 6.68. The van der Waals surface area contributed by atoms with E-state index in [0.29, 0.717) is 28.8 Å². The van der Waals surface area contributed by atoms with Crippen LogP contribution in [-0.2, 0) is 32.1 Å². The largest absolute Gasteiger partial charge is 0.467 e. The molecule has 1 N–H and O–H groups in total. The number of benzene rings is 3. The van der Waals surface area contributed by atoms with Crippen molar-refractivity contribution in [1.82, 2.24) is 20.1 Å². The topological polar surface area (TPSA) is 95.3 Å². The number of thioether (sulfide) groups is 1. The van der Waals surface area contributed by atoms with Crippen molar-refractivity contribution in [3.05, 3.63) is 82.1 Å². The number of nitrogens with one attached hydrogen (secondary N) is 1. The molecule has 1 saturated carbocycles. The highest BCUT2D eigenvalue weighted by atomic mass is 79.9. The van der Waals surface area contributed by atoms with E-state index in [1.807, 2.05) is 34.9 Å². The van der Waals surface area contributed by atoms with Gasteiger partial charge < -0.3 is 14.8 Å². The van der Waals surface area contributed by atoms with Gasteiger partial charge in [0.1, 0.15) is 6.04 Å². The van der Waals surface area contributed by atoms with Crippen molar-refractivity contribution in [2.24, 2.45) is 0 Å². The molecule has 0 radical (unpaired) electrons. The molecule has 1 amide bonds. The molecule has 4 aromatic rings. The predicted octanol–water partition coefficient (Wildman–Crippen LogP) is 5.20. The quantitative estimate of drug-likeness (QED) is 0.185. The number of aromatic nitrogens is 3. The van der Waals surface area contributed by atoms with E-state index in [1.165, 1.54) is 42.7 Å². The van der Waals surface area contributed by atoms with E-state index in [4.69, 9.17) is 9.47 Å². The van der Waals surface area contributed by atoms with Crippen LogP contribution in [-0.4, -0.2) is 52.7 Å². The van der Waals surface area contributed by atoms with Crippen molar-refractivity contribution in [1.29, 1.82) is 0 Å². The highest BCUT2D eigenvalue weighted by Gasteiger charge is 2.27. The number of fused-ring (bicyclic) bond motifs is 1. The van der Waals surface area contributed by atoms with Gasteiger partial charge in [0.2, 0.25) is 10.6 Å². The highest BCUT2D eigenvalue weighted by Crippen LogP contribution is 2.44. The molecule has 1 atom stereocenters. The maximum atomic E-state index is 13.0. The molecule has 1 aromatic heterocycles. The molecule has 1 unspecified atom stereocenters. The summed E-state index contributed by atoms with van der Waals surface area (Å²) in [5.74, 6) is -0.127. The van der Waals surface area contributed by atoms with Crippen LogP contribution in [0.4, 0.5) is 0 Å². The third-order valence-corrected chi connectivity index (χ3v) is 8.12. The van der Waals surface area contributed by atoms with Crippen LogP contribution in [0.25, 0.3) is 16.5 Å². The molecule has 0 aliphatic heterocycles. The van der Waals surface area contributed by atoms with Crippen LogP contribution in [0.3, 0.4) is 0 Å². The second-order valence-electron chi connectivity index (χ2n) is 9.47. The van der Waals surface area contributed by atoms with Gasteiger partial charge in [0.15, 0.2) is 5.16 Å². The van der Waals surface area contributed by atoms with Crippen LogP contribution in [0.2, 0.25) is 0 Å². The zero-order valence-corrected chi connectivity index (χ0v) is 24.1. The number of carbonyl (C=O) groups is 2. The van der Waals surface area contributed by atoms with Crippen LogP contribution < -0.4 is 5.32 Å². The first-order chi connectivity index (χ1) is 19.0. The smallest absolute Gasteiger partial charge is 0.328 e. The number of methoxy groups -OCH3 is 2. The Balaban J connectivity index is 1.32. The molecule has 1 aliphatic rings. The maximum Gasteiger partial charge on any atom is 0.328 e. The van der Waals surface area contributed by atoms with Gasteiger partial charge in [-0.1, -0.05) is 66.4 Å². The number of rotatable bonds is 11. The van der Waals surface area contributed by atoms with Gasteiger partial charge in [0.25, 0.3) is 0 Å². The second-order valence-corrected chi connectivity index (χ2v) is 11.1. The molecule has 0 saturated heterocycles. The highest BCUT2D eigenvalue weighted by molar-refractivity contribution is 9.10. The lowest BCUT2D eigenvalue weighted by Gasteiger charge is -2.17. The molecule has 0 bridgehead atoms. The summed E-state index contributed by atoms with van der Waals surface area (Å²) in [5.41, 5.74) is 4.20. The Morgan fingerprint density at radius 1 is 1.05 bits per heavy atom. The summed E-state index contributed by atoms with van der Waals surface area (Å²) < 4.78 is 12.6. The first kappa shape index (κ1) is 27.4. The standard InChI is InChI=1S/C29H29BrN4O4S/c1-37-16-19-7-5-6-18(14-19)15-24(27(36)38-2)31-26(35)17-39-29-33-32-28(30)34(29)25-13-12-21(20-10-11-20)22-8-3-4-9-23(22)25/h3-9,12-14,20,24H,10-11,15-17H2,1-2H3,(H,31,35). The van der Waals surface area contributed by atoms with E-state index in [2.05, 4.69) is 61.8 Å². The summed E-state index contributed by atoms with van der Waals surface area (Å²) >= 11 is 4.79. The number of hydrogen-bond acceptors (Lipinski definition) is 7. The molecule has 1 fully saturated rings. The van der Waals surface area contributed by atoms with E-state index >= 15 is 0 Å². The minimum atomic E-state index is -0.815. The van der Waals surface area contributed by atoms with Crippen LogP contribution >= 0.6 is 27.7 Å². The van der Waals surface area contributed by atoms with Crippen molar-refractivity contribution in [2.45, 2.75) is 43.0 Å². The molecule has 10 heteroatoms. The fraction of sp³-hybridized carbons (Fsp3) is 0.310. The fourth-order valence-corrected chi connectivity index (χ4v) is 6.06. The van der Waals surface area contributed by atoms with E-state index in [1.54, 1.807) is 7.11 Å². The number of ether oxygens (including phenoxy) is 2. The van der Waals surface area contributed by atoms with Gasteiger partial charge in [-0.15, -0.1) is 10.2 Å². The summed E-state index contributed by atoms with van der Waals surface area (Å²) in [6.45, 7) is 0.467. The van der Waals surface area contributed by atoms with E-state index in [-0.39, 0.29) is 11.7 Å². The number of carbonyl (C=O) groups excluding carboxylic acids is 2. The van der Waals surface area contributed by atoms with Crippen LogP contribution in [0.5, 0.6) is 0 Å². The Labute approximate surface area is 239 Å². The SMILES string of the molecule is COCc1cccc(CC(NC(=O)CSc2nnc(Br)n2-c2ccc(C3CC3)c3ccccc23)C(=O)OC)c1. The summed E-state index contributed by atoms with van der Waals surface area (Å²) in [4.78, 5) is 25.5. The molecular formula is C29H29BrN4O4S. The van der Waals surface area contributed by atoms with Gasteiger partial charge in [0, 0.05) is 18.9 Å². The second kappa shape index (κ2) is 12.3. The average molecular weight is 610 g/mol. The Bertz CT molecular complexity index is 1500. The van der Waals surface area contributed by atoms with Gasteiger partial charge in [0.05, 0.1) is 25.2 Å². The lowest BCUT2D eigenvalue weighted by Crippen LogP contribution is -2.43. The number of nitrogens with zero attached hydrogens (tertiary/aromatic N) is 3. The first-order valence-electron chi connectivity index (χ1n) is 12.7. The summed E-state index contributed by atoms with van der Waals surface area (Å²) in [5, 5.41) is 14.3. The zero-order valence-electron chi connectivity index (χ0n) is 21.7.